The topological polar surface area (TPSA) is 55.1 Å². The molecule has 4 heterocycles. The van der Waals surface area contributed by atoms with Gasteiger partial charge in [0.05, 0.1) is 26.1 Å². The van der Waals surface area contributed by atoms with Crippen LogP contribution >= 0.6 is 22.7 Å². The first-order chi connectivity index (χ1) is 26.7. The molecule has 0 aliphatic carbocycles. The van der Waals surface area contributed by atoms with Crippen molar-refractivity contribution in [1.82, 2.24) is 15.0 Å². The first-order valence-electron chi connectivity index (χ1n) is 17.7. The Hall–Kier alpha value is -6.67. The van der Waals surface area contributed by atoms with Gasteiger partial charge in [-0.1, -0.05) is 60.7 Å². The van der Waals surface area contributed by atoms with E-state index >= 15 is 0 Å². The fraction of sp³-hybridized carbons (Fsp3) is 0. The first kappa shape index (κ1) is 30.9. The van der Waals surface area contributed by atoms with E-state index in [0.717, 1.165) is 87.6 Å². The molecule has 0 fully saturated rings. The number of thiazole rings is 2. The molecule has 11 rings (SSSR count). The van der Waals surface area contributed by atoms with Crippen molar-refractivity contribution in [3.63, 3.8) is 0 Å². The van der Waals surface area contributed by atoms with Crippen molar-refractivity contribution in [2.75, 3.05) is 4.90 Å². The van der Waals surface area contributed by atoms with Crippen molar-refractivity contribution in [1.29, 1.82) is 0 Å². The Labute approximate surface area is 318 Å². The van der Waals surface area contributed by atoms with Crippen LogP contribution in [0.25, 0.3) is 85.7 Å². The molecule has 0 bridgehead atoms. The molecular weight excluding hydrogens is 701 g/mol. The molecule has 0 aliphatic rings. The molecule has 0 radical (unpaired) electrons. The van der Waals surface area contributed by atoms with E-state index in [1.54, 1.807) is 22.7 Å². The largest absolute Gasteiger partial charge is 0.438 e. The van der Waals surface area contributed by atoms with Gasteiger partial charge in [-0.2, -0.15) is 0 Å². The molecule has 0 saturated heterocycles. The van der Waals surface area contributed by atoms with Crippen molar-refractivity contribution in [3.05, 3.63) is 170 Å². The number of hydrogen-bond acceptors (Lipinski definition) is 7. The third-order valence-corrected chi connectivity index (χ3v) is 12.1. The minimum Gasteiger partial charge on any atom is -0.438 e. The van der Waals surface area contributed by atoms with E-state index in [1.807, 2.05) is 30.3 Å². The van der Waals surface area contributed by atoms with Crippen molar-refractivity contribution in [2.24, 2.45) is 0 Å². The average Bonchev–Trinajstić information content (AvgIpc) is 3.96. The van der Waals surface area contributed by atoms with E-state index in [4.69, 9.17) is 19.4 Å². The molecule has 0 saturated carbocycles. The monoisotopic (exact) mass is 728 g/mol. The predicted octanol–water partition coefficient (Wildman–Crippen LogP) is 13.8. The van der Waals surface area contributed by atoms with Gasteiger partial charge in [-0.05, 0) is 120 Å². The molecule has 7 aromatic carbocycles. The van der Waals surface area contributed by atoms with Crippen LogP contribution in [0.15, 0.2) is 174 Å². The number of anilines is 3. The van der Waals surface area contributed by atoms with Crippen LogP contribution in [0.2, 0.25) is 0 Å². The highest BCUT2D eigenvalue weighted by Crippen LogP contribution is 2.40. The summed E-state index contributed by atoms with van der Waals surface area (Å²) in [6, 6.07) is 59.5. The van der Waals surface area contributed by atoms with Crippen LogP contribution in [-0.4, -0.2) is 15.0 Å². The molecule has 7 heteroatoms. The Balaban J connectivity index is 0.972. The number of para-hydroxylation sites is 3. The van der Waals surface area contributed by atoms with Gasteiger partial charge in [0.15, 0.2) is 0 Å². The molecule has 54 heavy (non-hydrogen) atoms. The number of hydrogen-bond donors (Lipinski definition) is 0. The van der Waals surface area contributed by atoms with Crippen LogP contribution in [0, 0.1) is 0 Å². The third-order valence-electron chi connectivity index (χ3n) is 9.95. The van der Waals surface area contributed by atoms with Crippen LogP contribution < -0.4 is 4.90 Å². The van der Waals surface area contributed by atoms with Crippen molar-refractivity contribution in [2.45, 2.75) is 0 Å². The number of nitrogens with zero attached hydrogens (tertiary/aromatic N) is 4. The summed E-state index contributed by atoms with van der Waals surface area (Å²) in [5, 5.41) is 6.43. The van der Waals surface area contributed by atoms with Gasteiger partial charge in [-0.25, -0.2) is 15.0 Å². The van der Waals surface area contributed by atoms with Gasteiger partial charge in [-0.15, -0.1) is 22.7 Å². The average molecular weight is 729 g/mol. The zero-order valence-electron chi connectivity index (χ0n) is 28.7. The second-order valence-corrected chi connectivity index (χ2v) is 15.4. The summed E-state index contributed by atoms with van der Waals surface area (Å²) >= 11 is 3.44. The quantitative estimate of drug-likeness (QED) is 0.171. The maximum absolute atomic E-state index is 6.10. The zero-order valence-corrected chi connectivity index (χ0v) is 30.3. The molecule has 0 aliphatic heterocycles. The normalized spacial score (nSPS) is 11.7. The van der Waals surface area contributed by atoms with E-state index in [9.17, 15) is 0 Å². The van der Waals surface area contributed by atoms with Gasteiger partial charge in [0, 0.05) is 44.5 Å². The lowest BCUT2D eigenvalue weighted by Gasteiger charge is -2.26. The maximum atomic E-state index is 6.10. The van der Waals surface area contributed by atoms with Gasteiger partial charge in [0.25, 0.3) is 0 Å². The first-order valence-corrected chi connectivity index (χ1v) is 19.4. The van der Waals surface area contributed by atoms with E-state index < -0.39 is 0 Å². The highest BCUT2D eigenvalue weighted by atomic mass is 32.1. The van der Waals surface area contributed by atoms with Crippen LogP contribution in [0.5, 0.6) is 0 Å². The highest BCUT2D eigenvalue weighted by Gasteiger charge is 2.16. The summed E-state index contributed by atoms with van der Waals surface area (Å²) in [6.45, 7) is 0. The fourth-order valence-corrected chi connectivity index (χ4v) is 9.18. The van der Waals surface area contributed by atoms with Gasteiger partial charge >= 0.3 is 0 Å². The van der Waals surface area contributed by atoms with Crippen LogP contribution in [0.3, 0.4) is 0 Å². The predicted molar refractivity (Wildman–Crippen MR) is 226 cm³/mol. The lowest BCUT2D eigenvalue weighted by Crippen LogP contribution is -2.09. The SMILES string of the molecule is c1ccc2sc(-c3ccc(N(c4ccc(-c5nc6ccccc6s5)cc4)c4ccc5cc(-c6ccc7c(n6)oc6ccccc67)ccc5c4)cc3)nc2c1. The standard InChI is InChI=1S/C47H28N4OS2/c1-4-10-42-37(7-1)38-25-26-39(48-45(38)52-42)33-14-13-32-28-36(24-19-31(32)27-33)51(34-20-15-29(16-21-34)46-49-40-8-2-5-11-43(40)53-46)35-22-17-30(18-23-35)47-50-41-9-3-6-12-44(41)54-47/h1-28H. The van der Waals surface area contributed by atoms with E-state index in [0.29, 0.717) is 5.71 Å². The number of fused-ring (bicyclic) bond motifs is 6. The lowest BCUT2D eigenvalue weighted by molar-refractivity contribution is 0.654. The number of benzene rings is 7. The molecule has 0 unspecified atom stereocenters. The smallest absolute Gasteiger partial charge is 0.227 e. The molecular formula is C47H28N4OS2. The molecule has 254 valence electrons. The Morgan fingerprint density at radius 3 is 1.65 bits per heavy atom. The minimum atomic E-state index is 0.656. The maximum Gasteiger partial charge on any atom is 0.227 e. The third kappa shape index (κ3) is 5.33. The van der Waals surface area contributed by atoms with E-state index in [-0.39, 0.29) is 0 Å². The Kier molecular flexibility index (Phi) is 7.15. The number of pyridine rings is 1. The molecule has 0 atom stereocenters. The van der Waals surface area contributed by atoms with Crippen LogP contribution in [-0.2, 0) is 0 Å². The second-order valence-electron chi connectivity index (χ2n) is 13.3. The summed E-state index contributed by atoms with van der Waals surface area (Å²) in [4.78, 5) is 17.0. The summed E-state index contributed by atoms with van der Waals surface area (Å²) in [7, 11) is 0. The van der Waals surface area contributed by atoms with Gasteiger partial charge < -0.3 is 9.32 Å². The van der Waals surface area contributed by atoms with Crippen LogP contribution in [0.4, 0.5) is 17.1 Å². The second kappa shape index (κ2) is 12.5. The van der Waals surface area contributed by atoms with E-state index in [2.05, 4.69) is 144 Å². The number of aromatic nitrogens is 3. The zero-order chi connectivity index (χ0) is 35.6. The molecule has 0 amide bonds. The Bertz CT molecular complexity index is 2990. The van der Waals surface area contributed by atoms with Crippen molar-refractivity contribution in [3.8, 4) is 32.4 Å². The number of rotatable bonds is 6. The Morgan fingerprint density at radius 2 is 0.981 bits per heavy atom. The summed E-state index contributed by atoms with van der Waals surface area (Å²) < 4.78 is 8.48. The molecule has 11 aromatic rings. The van der Waals surface area contributed by atoms with Crippen molar-refractivity contribution < 1.29 is 4.42 Å². The molecule has 4 aromatic heterocycles. The summed E-state index contributed by atoms with van der Waals surface area (Å²) in [5.41, 5.74) is 10.9. The lowest BCUT2D eigenvalue weighted by atomic mass is 10.0. The number of furan rings is 1. The summed E-state index contributed by atoms with van der Waals surface area (Å²) in [6.07, 6.45) is 0. The van der Waals surface area contributed by atoms with E-state index in [1.165, 1.54) is 9.40 Å². The molecule has 0 spiro atoms. The Morgan fingerprint density at radius 1 is 0.426 bits per heavy atom. The minimum absolute atomic E-state index is 0.656. The molecule has 0 N–H and O–H groups in total. The molecule has 5 nitrogen and oxygen atoms in total. The fourth-order valence-electron chi connectivity index (χ4n) is 7.24. The highest BCUT2D eigenvalue weighted by molar-refractivity contribution is 7.22. The van der Waals surface area contributed by atoms with Gasteiger partial charge in [0.2, 0.25) is 5.71 Å². The summed E-state index contributed by atoms with van der Waals surface area (Å²) in [5.74, 6) is 0. The van der Waals surface area contributed by atoms with Gasteiger partial charge in [-0.3, -0.25) is 0 Å². The van der Waals surface area contributed by atoms with Crippen LogP contribution in [0.1, 0.15) is 0 Å². The van der Waals surface area contributed by atoms with Crippen molar-refractivity contribution >= 4 is 93.0 Å². The van der Waals surface area contributed by atoms with Gasteiger partial charge in [0.1, 0.15) is 15.6 Å².